The number of piperidine rings is 1. The molecule has 3 nitrogen and oxygen atoms in total. The summed E-state index contributed by atoms with van der Waals surface area (Å²) in [5.74, 6) is 0.0374. The zero-order valence-electron chi connectivity index (χ0n) is 12.2. The third kappa shape index (κ3) is 3.79. The summed E-state index contributed by atoms with van der Waals surface area (Å²) in [5.41, 5.74) is -0.541. The molecule has 0 amide bonds. The molecule has 2 heterocycles. The maximum absolute atomic E-state index is 13.3. The average Bonchev–Trinajstić information content (AvgIpc) is 2.82. The molecule has 1 aliphatic rings. The molecule has 20 heavy (non-hydrogen) atoms. The number of ether oxygens (including phenoxy) is 1. The van der Waals surface area contributed by atoms with Crippen LogP contribution in [0.5, 0.6) is 0 Å². The van der Waals surface area contributed by atoms with E-state index < -0.39 is 5.41 Å². The largest absolute Gasteiger partial charge is 0.456 e. The first-order chi connectivity index (χ1) is 9.38. The molecule has 5 heteroatoms. The minimum absolute atomic E-state index is 0.227. The van der Waals surface area contributed by atoms with Gasteiger partial charge in [0.25, 0.3) is 0 Å². The van der Waals surface area contributed by atoms with E-state index in [2.05, 4.69) is 5.32 Å². The number of carbonyl (C=O) groups excluding carboxylic acids is 1. The smallest absolute Gasteiger partial charge is 0.311 e. The predicted octanol–water partition coefficient (Wildman–Crippen LogP) is 3.52. The second-order valence-electron chi connectivity index (χ2n) is 6.31. The number of nitrogens with one attached hydrogen (secondary N) is 1. The molecule has 2 rings (SSSR count). The van der Waals surface area contributed by atoms with Gasteiger partial charge in [-0.15, -0.1) is 11.3 Å². The van der Waals surface area contributed by atoms with Crippen LogP contribution in [0.1, 0.15) is 44.6 Å². The Kier molecular flexibility index (Phi) is 4.81. The first kappa shape index (κ1) is 15.4. The summed E-state index contributed by atoms with van der Waals surface area (Å²) in [7, 11) is 0. The molecule has 112 valence electrons. The highest BCUT2D eigenvalue weighted by Crippen LogP contribution is 2.37. The summed E-state index contributed by atoms with van der Waals surface area (Å²) < 4.78 is 19.0. The minimum Gasteiger partial charge on any atom is -0.456 e. The van der Waals surface area contributed by atoms with Crippen LogP contribution >= 0.6 is 11.3 Å². The van der Waals surface area contributed by atoms with Crippen LogP contribution in [0.25, 0.3) is 0 Å². The molecule has 1 saturated heterocycles. The average molecular weight is 299 g/mol. The Bertz CT molecular complexity index is 461. The van der Waals surface area contributed by atoms with E-state index in [9.17, 15) is 9.18 Å². The summed E-state index contributed by atoms with van der Waals surface area (Å²) in [6.45, 7) is 7.35. The number of hydrogen-bond donors (Lipinski definition) is 1. The number of hydrogen-bond acceptors (Lipinski definition) is 4. The fraction of sp³-hybridized carbons (Fsp3) is 0.667. The lowest BCUT2D eigenvalue weighted by molar-refractivity contribution is -0.162. The zero-order valence-corrected chi connectivity index (χ0v) is 13.1. The van der Waals surface area contributed by atoms with Gasteiger partial charge in [0.2, 0.25) is 0 Å². The molecule has 0 saturated carbocycles. The van der Waals surface area contributed by atoms with Crippen LogP contribution < -0.4 is 5.32 Å². The molecule has 1 N–H and O–H groups in total. The van der Waals surface area contributed by atoms with Crippen molar-refractivity contribution in [3.63, 3.8) is 0 Å². The van der Waals surface area contributed by atoms with Crippen LogP contribution in [-0.2, 0) is 9.53 Å². The Morgan fingerprint density at radius 1 is 1.40 bits per heavy atom. The van der Waals surface area contributed by atoms with Crippen molar-refractivity contribution in [1.29, 1.82) is 0 Å². The number of esters is 1. The molecule has 1 unspecified atom stereocenters. The molecule has 0 aromatic carbocycles. The molecule has 1 aromatic heterocycles. The van der Waals surface area contributed by atoms with Gasteiger partial charge in [0.1, 0.15) is 6.10 Å². The fourth-order valence-corrected chi connectivity index (χ4v) is 3.16. The van der Waals surface area contributed by atoms with Gasteiger partial charge < -0.3 is 10.1 Å². The molecule has 0 bridgehead atoms. The van der Waals surface area contributed by atoms with Gasteiger partial charge in [-0.3, -0.25) is 4.79 Å². The molecule has 1 aliphatic heterocycles. The van der Waals surface area contributed by atoms with Gasteiger partial charge in [-0.25, -0.2) is 0 Å². The van der Waals surface area contributed by atoms with E-state index in [-0.39, 0.29) is 23.1 Å². The van der Waals surface area contributed by atoms with E-state index in [0.717, 1.165) is 42.1 Å². The second kappa shape index (κ2) is 6.22. The third-order valence-corrected chi connectivity index (χ3v) is 4.47. The van der Waals surface area contributed by atoms with Gasteiger partial charge in [0.15, 0.2) is 5.13 Å². The quantitative estimate of drug-likeness (QED) is 0.868. The molecule has 0 spiro atoms. The van der Waals surface area contributed by atoms with Gasteiger partial charge in [-0.1, -0.05) is 0 Å². The van der Waals surface area contributed by atoms with Crippen molar-refractivity contribution in [3.8, 4) is 0 Å². The van der Waals surface area contributed by atoms with Crippen LogP contribution in [-0.4, -0.2) is 19.1 Å². The molecule has 1 aromatic rings. The molecule has 1 atom stereocenters. The van der Waals surface area contributed by atoms with E-state index in [1.807, 2.05) is 20.8 Å². The lowest BCUT2D eigenvalue weighted by atomic mass is 9.90. The molecular weight excluding hydrogens is 277 g/mol. The van der Waals surface area contributed by atoms with Crippen LogP contribution in [0.4, 0.5) is 4.39 Å². The fourth-order valence-electron chi connectivity index (χ4n) is 2.31. The summed E-state index contributed by atoms with van der Waals surface area (Å²) >= 11 is 1.08. The van der Waals surface area contributed by atoms with Gasteiger partial charge in [-0.05, 0) is 58.8 Å². The Balaban J connectivity index is 2.17. The Morgan fingerprint density at radius 2 is 2.05 bits per heavy atom. The molecule has 1 fully saturated rings. The highest BCUT2D eigenvalue weighted by Gasteiger charge is 2.33. The molecular formula is C15H22FNO2S. The zero-order chi connectivity index (χ0) is 14.8. The van der Waals surface area contributed by atoms with Crippen molar-refractivity contribution < 1.29 is 13.9 Å². The van der Waals surface area contributed by atoms with Crippen molar-refractivity contribution in [1.82, 2.24) is 5.32 Å². The minimum atomic E-state index is -0.541. The van der Waals surface area contributed by atoms with E-state index in [0.29, 0.717) is 0 Å². The standard InChI is InChI=1S/C15H22FNO2S/c1-15(2,3)14(18)19-13(10-6-8-17-9-7-10)11-4-5-12(16)20-11/h4-5,10,13,17H,6-9H2,1-3H3. The van der Waals surface area contributed by atoms with Crippen LogP contribution in [0.15, 0.2) is 12.1 Å². The van der Waals surface area contributed by atoms with Crippen LogP contribution in [0, 0.1) is 16.5 Å². The van der Waals surface area contributed by atoms with Gasteiger partial charge in [0, 0.05) is 10.8 Å². The van der Waals surface area contributed by atoms with E-state index in [4.69, 9.17) is 4.74 Å². The third-order valence-electron chi connectivity index (χ3n) is 3.53. The Hall–Kier alpha value is -0.940. The normalized spacial score (nSPS) is 18.8. The highest BCUT2D eigenvalue weighted by molar-refractivity contribution is 7.10. The monoisotopic (exact) mass is 299 g/mol. The van der Waals surface area contributed by atoms with Gasteiger partial charge in [0.05, 0.1) is 5.41 Å². The van der Waals surface area contributed by atoms with Crippen molar-refractivity contribution in [2.24, 2.45) is 11.3 Å². The summed E-state index contributed by atoms with van der Waals surface area (Å²) in [5, 5.41) is 3.07. The Labute approximate surface area is 123 Å². The van der Waals surface area contributed by atoms with Crippen molar-refractivity contribution >= 4 is 17.3 Å². The predicted molar refractivity (Wildman–Crippen MR) is 78.2 cm³/mol. The first-order valence-electron chi connectivity index (χ1n) is 7.05. The molecule has 0 aliphatic carbocycles. The number of rotatable bonds is 3. The number of halogens is 1. The van der Waals surface area contributed by atoms with Crippen LogP contribution in [0.2, 0.25) is 0 Å². The van der Waals surface area contributed by atoms with Crippen LogP contribution in [0.3, 0.4) is 0 Å². The van der Waals surface area contributed by atoms with Crippen molar-refractivity contribution in [2.75, 3.05) is 13.1 Å². The number of carbonyl (C=O) groups is 1. The lowest BCUT2D eigenvalue weighted by Gasteiger charge is -2.31. The van der Waals surface area contributed by atoms with E-state index >= 15 is 0 Å². The highest BCUT2D eigenvalue weighted by atomic mass is 32.1. The van der Waals surface area contributed by atoms with Gasteiger partial charge in [-0.2, -0.15) is 4.39 Å². The second-order valence-corrected chi connectivity index (χ2v) is 7.37. The van der Waals surface area contributed by atoms with Crippen molar-refractivity contribution in [3.05, 3.63) is 22.1 Å². The SMILES string of the molecule is CC(C)(C)C(=O)OC(c1ccc(F)s1)C1CCNCC1. The Morgan fingerprint density at radius 3 is 2.55 bits per heavy atom. The van der Waals surface area contributed by atoms with E-state index in [1.54, 1.807) is 6.07 Å². The maximum Gasteiger partial charge on any atom is 0.311 e. The summed E-state index contributed by atoms with van der Waals surface area (Å²) in [6.07, 6.45) is 1.57. The summed E-state index contributed by atoms with van der Waals surface area (Å²) in [6, 6.07) is 3.18. The maximum atomic E-state index is 13.3. The first-order valence-corrected chi connectivity index (χ1v) is 7.86. The lowest BCUT2D eigenvalue weighted by Crippen LogP contribution is -2.34. The van der Waals surface area contributed by atoms with E-state index in [1.165, 1.54) is 6.07 Å². The summed E-state index contributed by atoms with van der Waals surface area (Å²) in [4.78, 5) is 13.0. The van der Waals surface area contributed by atoms with Crippen molar-refractivity contribution in [2.45, 2.75) is 39.7 Å². The van der Waals surface area contributed by atoms with Gasteiger partial charge >= 0.3 is 5.97 Å². The number of thiophene rings is 1. The molecule has 0 radical (unpaired) electrons. The topological polar surface area (TPSA) is 38.3 Å².